The molecule has 0 aromatic heterocycles. The molecule has 0 N–H and O–H groups in total. The number of ether oxygens (including phenoxy) is 1. The van der Waals surface area contributed by atoms with Crippen LogP contribution < -0.4 is 0 Å². The Morgan fingerprint density at radius 2 is 2.43 bits per heavy atom. The van der Waals surface area contributed by atoms with Gasteiger partial charge in [0, 0.05) is 6.21 Å². The second-order valence-corrected chi connectivity index (χ2v) is 1.16. The molecule has 2 nitrogen and oxygen atoms in total. The molecule has 0 atom stereocenters. The second kappa shape index (κ2) is 4.27. The number of nitrogens with zero attached hydrogens (tertiary/aromatic N) is 1. The third kappa shape index (κ3) is 2.76. The molecule has 0 amide bonds. The fourth-order valence-corrected chi connectivity index (χ4v) is 0.397. The van der Waals surface area contributed by atoms with Gasteiger partial charge in [-0.1, -0.05) is 0 Å². The van der Waals surface area contributed by atoms with Crippen molar-refractivity contribution in [2.45, 2.75) is 0 Å². The molecule has 0 saturated carbocycles. The SMILES string of the molecule is Br.C1=NCCOC1. The van der Waals surface area contributed by atoms with Crippen molar-refractivity contribution in [3.8, 4) is 0 Å². The van der Waals surface area contributed by atoms with Crippen LogP contribution in [0, 0.1) is 0 Å². The Morgan fingerprint density at radius 3 is 2.57 bits per heavy atom. The summed E-state index contributed by atoms with van der Waals surface area (Å²) in [5, 5.41) is 0. The Balaban J connectivity index is 0.000000360. The highest BCUT2D eigenvalue weighted by Gasteiger charge is 1.86. The molecule has 42 valence electrons. The molecule has 0 aromatic rings. The summed E-state index contributed by atoms with van der Waals surface area (Å²) in [7, 11) is 0. The van der Waals surface area contributed by atoms with E-state index >= 15 is 0 Å². The second-order valence-electron chi connectivity index (χ2n) is 1.16. The highest BCUT2D eigenvalue weighted by atomic mass is 79.9. The average molecular weight is 166 g/mol. The molecule has 0 spiro atoms. The topological polar surface area (TPSA) is 21.6 Å². The van der Waals surface area contributed by atoms with E-state index in [1.807, 2.05) is 0 Å². The molecule has 0 fully saturated rings. The van der Waals surface area contributed by atoms with E-state index in [9.17, 15) is 0 Å². The van der Waals surface area contributed by atoms with E-state index in [0.717, 1.165) is 13.2 Å². The van der Waals surface area contributed by atoms with Gasteiger partial charge < -0.3 is 4.74 Å². The van der Waals surface area contributed by atoms with Crippen molar-refractivity contribution < 1.29 is 4.74 Å². The van der Waals surface area contributed by atoms with Crippen LogP contribution >= 0.6 is 17.0 Å². The van der Waals surface area contributed by atoms with Gasteiger partial charge in [-0.05, 0) is 0 Å². The Labute approximate surface area is 53.3 Å². The largest absolute Gasteiger partial charge is 0.374 e. The van der Waals surface area contributed by atoms with Gasteiger partial charge in [-0.2, -0.15) is 0 Å². The Kier molecular flexibility index (Phi) is 4.34. The number of aliphatic imine (C=N–C) groups is 1. The summed E-state index contributed by atoms with van der Waals surface area (Å²) in [6.45, 7) is 2.36. The summed E-state index contributed by atoms with van der Waals surface area (Å²) >= 11 is 0. The minimum Gasteiger partial charge on any atom is -0.374 e. The molecular weight excluding hydrogens is 158 g/mol. The quantitative estimate of drug-likeness (QED) is 0.518. The highest BCUT2D eigenvalue weighted by molar-refractivity contribution is 8.93. The van der Waals surface area contributed by atoms with Crippen LogP contribution in [0.5, 0.6) is 0 Å². The van der Waals surface area contributed by atoms with Crippen LogP contribution in [0.4, 0.5) is 0 Å². The maximum Gasteiger partial charge on any atom is 0.0815 e. The molecule has 0 saturated heterocycles. The molecular formula is C4H8BrNO. The summed E-state index contributed by atoms with van der Waals surface area (Å²) in [5.41, 5.74) is 0. The Hall–Kier alpha value is 0.110. The maximum absolute atomic E-state index is 4.92. The molecule has 0 unspecified atom stereocenters. The lowest BCUT2D eigenvalue weighted by Gasteiger charge is -2.00. The molecule has 0 aromatic carbocycles. The summed E-state index contributed by atoms with van der Waals surface area (Å²) in [4.78, 5) is 3.93. The van der Waals surface area contributed by atoms with Crippen LogP contribution in [0.25, 0.3) is 0 Å². The zero-order chi connectivity index (χ0) is 4.24. The van der Waals surface area contributed by atoms with E-state index in [4.69, 9.17) is 4.74 Å². The summed E-state index contributed by atoms with van der Waals surface area (Å²) in [5.74, 6) is 0. The normalized spacial score (nSPS) is 18.3. The number of rotatable bonds is 0. The molecule has 3 heteroatoms. The van der Waals surface area contributed by atoms with Crippen molar-refractivity contribution in [3.05, 3.63) is 0 Å². The van der Waals surface area contributed by atoms with Gasteiger partial charge in [0.05, 0.1) is 19.8 Å². The summed E-state index contributed by atoms with van der Waals surface area (Å²) < 4.78 is 4.92. The van der Waals surface area contributed by atoms with E-state index in [1.54, 1.807) is 6.21 Å². The summed E-state index contributed by atoms with van der Waals surface area (Å²) in [6, 6.07) is 0. The number of hydrogen-bond donors (Lipinski definition) is 0. The highest BCUT2D eigenvalue weighted by Crippen LogP contribution is 1.79. The first-order valence-corrected chi connectivity index (χ1v) is 2.06. The van der Waals surface area contributed by atoms with E-state index in [0.29, 0.717) is 6.61 Å². The molecule has 0 bridgehead atoms. The first-order valence-electron chi connectivity index (χ1n) is 2.06. The standard InChI is InChI=1S/C4H7NO.BrH/c1-3-6-4-2-5-1;/h1H,2-4H2;1H. The Morgan fingerprint density at radius 1 is 1.57 bits per heavy atom. The average Bonchev–Trinajstić information content (AvgIpc) is 1.72. The fraction of sp³-hybridized carbons (Fsp3) is 0.750. The third-order valence-corrected chi connectivity index (χ3v) is 0.686. The van der Waals surface area contributed by atoms with Gasteiger partial charge in [-0.25, -0.2) is 0 Å². The van der Waals surface area contributed by atoms with E-state index in [2.05, 4.69) is 4.99 Å². The first kappa shape index (κ1) is 7.11. The van der Waals surface area contributed by atoms with Gasteiger partial charge in [0.25, 0.3) is 0 Å². The van der Waals surface area contributed by atoms with E-state index in [1.165, 1.54) is 0 Å². The molecule has 1 aliphatic heterocycles. The number of halogens is 1. The maximum atomic E-state index is 4.92. The van der Waals surface area contributed by atoms with Crippen molar-refractivity contribution in [1.82, 2.24) is 0 Å². The molecule has 1 heterocycles. The summed E-state index contributed by atoms with van der Waals surface area (Å²) in [6.07, 6.45) is 1.80. The van der Waals surface area contributed by atoms with Crippen molar-refractivity contribution >= 4 is 23.2 Å². The van der Waals surface area contributed by atoms with Gasteiger partial charge in [-0.3, -0.25) is 4.99 Å². The van der Waals surface area contributed by atoms with Crippen LogP contribution in [0.2, 0.25) is 0 Å². The zero-order valence-electron chi connectivity index (χ0n) is 3.96. The lowest BCUT2D eigenvalue weighted by molar-refractivity contribution is 0.174. The van der Waals surface area contributed by atoms with Crippen LogP contribution in [-0.4, -0.2) is 26.0 Å². The van der Waals surface area contributed by atoms with Gasteiger partial charge in [0.15, 0.2) is 0 Å². The Bertz CT molecular complexity index is 56.7. The fourth-order valence-electron chi connectivity index (χ4n) is 0.397. The molecule has 7 heavy (non-hydrogen) atoms. The van der Waals surface area contributed by atoms with Crippen LogP contribution in [0.3, 0.4) is 0 Å². The molecule has 0 radical (unpaired) electrons. The molecule has 1 aliphatic rings. The van der Waals surface area contributed by atoms with E-state index < -0.39 is 0 Å². The van der Waals surface area contributed by atoms with Gasteiger partial charge in [0.1, 0.15) is 0 Å². The van der Waals surface area contributed by atoms with Crippen LogP contribution in [0.15, 0.2) is 4.99 Å². The smallest absolute Gasteiger partial charge is 0.0815 e. The van der Waals surface area contributed by atoms with Crippen molar-refractivity contribution in [2.24, 2.45) is 4.99 Å². The first-order chi connectivity index (χ1) is 3.00. The van der Waals surface area contributed by atoms with Gasteiger partial charge >= 0.3 is 0 Å². The van der Waals surface area contributed by atoms with Gasteiger partial charge in [0.2, 0.25) is 0 Å². The minimum absolute atomic E-state index is 0. The van der Waals surface area contributed by atoms with Crippen molar-refractivity contribution in [1.29, 1.82) is 0 Å². The predicted octanol–water partition coefficient (Wildman–Crippen LogP) is 0.665. The van der Waals surface area contributed by atoms with Crippen LogP contribution in [-0.2, 0) is 4.74 Å². The number of hydrogen-bond acceptors (Lipinski definition) is 2. The molecule has 0 aliphatic carbocycles. The minimum atomic E-state index is 0. The van der Waals surface area contributed by atoms with Crippen LogP contribution in [0.1, 0.15) is 0 Å². The zero-order valence-corrected chi connectivity index (χ0v) is 5.68. The third-order valence-electron chi connectivity index (χ3n) is 0.686. The lowest BCUT2D eigenvalue weighted by Crippen LogP contribution is -2.06. The van der Waals surface area contributed by atoms with Crippen molar-refractivity contribution in [3.63, 3.8) is 0 Å². The predicted molar refractivity (Wildman–Crippen MR) is 34.5 cm³/mol. The van der Waals surface area contributed by atoms with Crippen molar-refractivity contribution in [2.75, 3.05) is 19.8 Å². The monoisotopic (exact) mass is 165 g/mol. The molecule has 1 rings (SSSR count). The van der Waals surface area contributed by atoms with E-state index in [-0.39, 0.29) is 17.0 Å². The van der Waals surface area contributed by atoms with Gasteiger partial charge in [-0.15, -0.1) is 17.0 Å². The lowest BCUT2D eigenvalue weighted by atomic mass is 10.6.